The number of hydrogen-bond donors (Lipinski definition) is 1. The molecule has 0 saturated carbocycles. The Balaban J connectivity index is 0.000000301. The summed E-state index contributed by atoms with van der Waals surface area (Å²) in [5, 5.41) is 0. The standard InChI is InChI=1S/C21H25F3N4O3.C7H12FN/c1-12-9-28(5-6-30-10-12)19-15-11-31-18(8-17(15)26-20(27-19)29-2)14-7-13(25)3-4-16(14)21(22,23)24;8-6-4-7-2-1-3-9(7)5-6/h3-4,7,12,18H,5-6,8-11,25H2,1-2H3;6-7H,1-5H2. The van der Waals surface area contributed by atoms with Crippen LogP contribution >= 0.6 is 0 Å². The first-order valence-corrected chi connectivity index (χ1v) is 13.8. The lowest BCUT2D eigenvalue weighted by molar-refractivity contribution is -0.139. The van der Waals surface area contributed by atoms with E-state index in [0.717, 1.165) is 31.1 Å². The van der Waals surface area contributed by atoms with Gasteiger partial charge in [-0.15, -0.1) is 0 Å². The number of nitrogens with zero attached hydrogens (tertiary/aromatic N) is 4. The average Bonchev–Trinajstić information content (AvgIpc) is 3.42. The highest BCUT2D eigenvalue weighted by molar-refractivity contribution is 5.52. The molecule has 4 aliphatic rings. The summed E-state index contributed by atoms with van der Waals surface area (Å²) in [7, 11) is 1.47. The first-order chi connectivity index (χ1) is 19.1. The van der Waals surface area contributed by atoms with Crippen molar-refractivity contribution in [2.45, 2.75) is 63.7 Å². The average molecular weight is 568 g/mol. The molecular formula is C28H37F4N5O3. The number of nitrogens with two attached hydrogens (primary N) is 1. The Labute approximate surface area is 231 Å². The second-order valence-electron chi connectivity index (χ2n) is 11.1. The highest BCUT2D eigenvalue weighted by atomic mass is 19.4. The summed E-state index contributed by atoms with van der Waals surface area (Å²) in [5.74, 6) is 0.985. The smallest absolute Gasteiger partial charge is 0.416 e. The molecule has 220 valence electrons. The van der Waals surface area contributed by atoms with Crippen LogP contribution in [0.3, 0.4) is 0 Å². The lowest BCUT2D eigenvalue weighted by Gasteiger charge is -2.31. The van der Waals surface area contributed by atoms with E-state index in [4.69, 9.17) is 19.9 Å². The van der Waals surface area contributed by atoms with Crippen molar-refractivity contribution in [3.05, 3.63) is 40.6 Å². The Morgan fingerprint density at radius 2 is 1.98 bits per heavy atom. The largest absolute Gasteiger partial charge is 0.467 e. The van der Waals surface area contributed by atoms with Crippen LogP contribution < -0.4 is 15.4 Å². The fourth-order valence-electron chi connectivity index (χ4n) is 6.09. The van der Waals surface area contributed by atoms with E-state index >= 15 is 0 Å². The van der Waals surface area contributed by atoms with Crippen molar-refractivity contribution in [2.75, 3.05) is 57.1 Å². The van der Waals surface area contributed by atoms with E-state index in [1.807, 2.05) is 0 Å². The lowest BCUT2D eigenvalue weighted by atomic mass is 9.94. The second kappa shape index (κ2) is 12.0. The maximum absolute atomic E-state index is 13.6. The Morgan fingerprint density at radius 1 is 1.15 bits per heavy atom. The summed E-state index contributed by atoms with van der Waals surface area (Å²) in [6.07, 6.45) is -2.36. The summed E-state index contributed by atoms with van der Waals surface area (Å²) in [4.78, 5) is 13.4. The molecule has 1 aromatic carbocycles. The zero-order chi connectivity index (χ0) is 28.4. The van der Waals surface area contributed by atoms with Crippen LogP contribution in [0.25, 0.3) is 0 Å². The van der Waals surface area contributed by atoms with E-state index in [1.165, 1.54) is 32.1 Å². The molecular weight excluding hydrogens is 530 g/mol. The van der Waals surface area contributed by atoms with Crippen LogP contribution in [0.4, 0.5) is 29.1 Å². The van der Waals surface area contributed by atoms with Crippen LogP contribution in [0.2, 0.25) is 0 Å². The van der Waals surface area contributed by atoms with Crippen molar-refractivity contribution in [3.63, 3.8) is 0 Å². The zero-order valence-electron chi connectivity index (χ0n) is 22.9. The quantitative estimate of drug-likeness (QED) is 0.427. The number of methoxy groups -OCH3 is 1. The van der Waals surface area contributed by atoms with Crippen LogP contribution in [-0.2, 0) is 28.7 Å². The number of benzene rings is 1. The molecule has 2 N–H and O–H groups in total. The molecule has 5 heterocycles. The van der Waals surface area contributed by atoms with Crippen molar-refractivity contribution >= 4 is 11.5 Å². The molecule has 4 aliphatic heterocycles. The number of anilines is 2. The molecule has 4 atom stereocenters. The van der Waals surface area contributed by atoms with E-state index in [2.05, 4.69) is 26.7 Å². The molecule has 3 saturated heterocycles. The molecule has 0 bridgehead atoms. The molecule has 1 aromatic heterocycles. The van der Waals surface area contributed by atoms with Gasteiger partial charge in [-0.2, -0.15) is 23.1 Å². The molecule has 2 aromatic rings. The first-order valence-electron chi connectivity index (χ1n) is 13.8. The molecule has 40 heavy (non-hydrogen) atoms. The molecule has 6 rings (SSSR count). The molecule has 12 heteroatoms. The fraction of sp³-hybridized carbons (Fsp3) is 0.643. The summed E-state index contributed by atoms with van der Waals surface area (Å²) < 4.78 is 70.1. The van der Waals surface area contributed by atoms with Crippen molar-refractivity contribution in [2.24, 2.45) is 5.92 Å². The predicted octanol–water partition coefficient (Wildman–Crippen LogP) is 4.57. The van der Waals surface area contributed by atoms with Gasteiger partial charge in [-0.3, -0.25) is 4.90 Å². The molecule has 0 spiro atoms. The van der Waals surface area contributed by atoms with E-state index < -0.39 is 24.0 Å². The van der Waals surface area contributed by atoms with Crippen molar-refractivity contribution < 1.29 is 31.8 Å². The molecule has 0 aliphatic carbocycles. The maximum Gasteiger partial charge on any atom is 0.416 e. The lowest BCUT2D eigenvalue weighted by Crippen LogP contribution is -2.32. The summed E-state index contributed by atoms with van der Waals surface area (Å²) >= 11 is 0. The topological polar surface area (TPSA) is 86.0 Å². The summed E-state index contributed by atoms with van der Waals surface area (Å²) in [5.41, 5.74) is 6.67. The van der Waals surface area contributed by atoms with Gasteiger partial charge in [0.25, 0.3) is 0 Å². The minimum absolute atomic E-state index is 0.00840. The van der Waals surface area contributed by atoms with Crippen LogP contribution in [0.1, 0.15) is 54.7 Å². The van der Waals surface area contributed by atoms with Gasteiger partial charge in [-0.1, -0.05) is 6.92 Å². The van der Waals surface area contributed by atoms with E-state index in [9.17, 15) is 17.6 Å². The van der Waals surface area contributed by atoms with Gasteiger partial charge in [-0.25, -0.2) is 4.39 Å². The number of hydrogen-bond acceptors (Lipinski definition) is 8. The van der Waals surface area contributed by atoms with Crippen LogP contribution in [0, 0.1) is 5.92 Å². The van der Waals surface area contributed by atoms with Gasteiger partial charge in [-0.05, 0) is 55.5 Å². The van der Waals surface area contributed by atoms with Gasteiger partial charge in [0.1, 0.15) is 12.0 Å². The van der Waals surface area contributed by atoms with Crippen LogP contribution in [0.5, 0.6) is 6.01 Å². The Morgan fingerprint density at radius 3 is 2.73 bits per heavy atom. The van der Waals surface area contributed by atoms with Gasteiger partial charge >= 0.3 is 12.2 Å². The number of aromatic nitrogens is 2. The molecule has 0 amide bonds. The van der Waals surface area contributed by atoms with Crippen molar-refractivity contribution in [3.8, 4) is 6.01 Å². The zero-order valence-corrected chi connectivity index (χ0v) is 22.9. The summed E-state index contributed by atoms with van der Waals surface area (Å²) in [6, 6.07) is 4.35. The third-order valence-electron chi connectivity index (χ3n) is 7.97. The number of ether oxygens (including phenoxy) is 3. The van der Waals surface area contributed by atoms with Crippen molar-refractivity contribution in [1.82, 2.24) is 14.9 Å². The molecule has 8 nitrogen and oxygen atoms in total. The highest BCUT2D eigenvalue weighted by Gasteiger charge is 2.38. The third-order valence-corrected chi connectivity index (χ3v) is 7.97. The van der Waals surface area contributed by atoms with Gasteiger partial charge in [0.05, 0.1) is 44.3 Å². The van der Waals surface area contributed by atoms with E-state index in [-0.39, 0.29) is 30.3 Å². The van der Waals surface area contributed by atoms with E-state index in [0.29, 0.717) is 49.8 Å². The third kappa shape index (κ3) is 6.44. The normalized spacial score (nSPS) is 26.9. The number of nitrogen functional groups attached to an aromatic ring is 1. The number of alkyl halides is 4. The number of rotatable bonds is 3. The highest BCUT2D eigenvalue weighted by Crippen LogP contribution is 2.41. The molecule has 0 radical (unpaired) electrons. The van der Waals surface area contributed by atoms with Gasteiger partial charge in [0.15, 0.2) is 0 Å². The van der Waals surface area contributed by atoms with Crippen LogP contribution in [-0.4, -0.2) is 73.6 Å². The Hall–Kier alpha value is -2.70. The van der Waals surface area contributed by atoms with E-state index in [1.54, 1.807) is 0 Å². The van der Waals surface area contributed by atoms with Crippen molar-refractivity contribution in [1.29, 1.82) is 0 Å². The second-order valence-corrected chi connectivity index (χ2v) is 11.1. The van der Waals surface area contributed by atoms with Gasteiger partial charge in [0, 0.05) is 43.3 Å². The number of fused-ring (bicyclic) bond motifs is 2. The first kappa shape index (κ1) is 28.8. The van der Waals surface area contributed by atoms with Gasteiger partial charge < -0.3 is 24.8 Å². The molecule has 3 fully saturated rings. The summed E-state index contributed by atoms with van der Waals surface area (Å²) in [6.45, 7) is 6.65. The minimum Gasteiger partial charge on any atom is -0.467 e. The maximum atomic E-state index is 13.6. The Kier molecular flexibility index (Phi) is 8.67. The molecule has 4 unspecified atom stereocenters. The van der Waals surface area contributed by atoms with Crippen LogP contribution in [0.15, 0.2) is 18.2 Å². The SMILES string of the molecule is COc1nc2c(c(N3CCOCC(C)C3)n1)COC(c1cc(N)ccc1C(F)(F)F)C2.FC1CC2CCCN2C1. The fourth-order valence-corrected chi connectivity index (χ4v) is 6.09. The monoisotopic (exact) mass is 567 g/mol. The van der Waals surface area contributed by atoms with Gasteiger partial charge in [0.2, 0.25) is 0 Å². The Bertz CT molecular complexity index is 1170. The minimum atomic E-state index is -4.51. The number of halogens is 4. The predicted molar refractivity (Wildman–Crippen MR) is 142 cm³/mol.